The number of pyridine rings is 1. The highest BCUT2D eigenvalue weighted by atomic mass is 16.5. The number of unbranched alkanes of at least 4 members (excludes halogenated alkanes) is 1. The van der Waals surface area contributed by atoms with E-state index in [0.717, 1.165) is 74.3 Å². The van der Waals surface area contributed by atoms with Crippen molar-refractivity contribution >= 4 is 11.8 Å². The van der Waals surface area contributed by atoms with Crippen LogP contribution in [-0.2, 0) is 40.1 Å². The molecule has 1 saturated heterocycles. The molecule has 2 N–H and O–H groups in total. The summed E-state index contributed by atoms with van der Waals surface area (Å²) in [6.07, 6.45) is 9.80. The van der Waals surface area contributed by atoms with Gasteiger partial charge in [0.1, 0.15) is 11.9 Å². The van der Waals surface area contributed by atoms with Crippen LogP contribution in [0.25, 0.3) is 0 Å². The number of carbonyl (C=O) groups is 1. The lowest BCUT2D eigenvalue weighted by Crippen LogP contribution is -2.35. The maximum Gasteiger partial charge on any atom is 0.325 e. The molecular formula is C30H39N3O4. The van der Waals surface area contributed by atoms with Gasteiger partial charge in [-0.05, 0) is 92.0 Å². The molecular weight excluding hydrogens is 466 g/mol. The largest absolute Gasteiger partial charge is 0.480 e. The predicted molar refractivity (Wildman–Crippen MR) is 142 cm³/mol. The van der Waals surface area contributed by atoms with Crippen molar-refractivity contribution in [1.29, 1.82) is 0 Å². The summed E-state index contributed by atoms with van der Waals surface area (Å²) >= 11 is 0. The van der Waals surface area contributed by atoms with Crippen LogP contribution in [0.1, 0.15) is 72.5 Å². The van der Waals surface area contributed by atoms with E-state index in [1.165, 1.54) is 30.4 Å². The molecule has 3 aliphatic heterocycles. The van der Waals surface area contributed by atoms with E-state index in [2.05, 4.69) is 28.4 Å². The second kappa shape index (κ2) is 11.1. The van der Waals surface area contributed by atoms with Crippen LogP contribution in [0.5, 0.6) is 0 Å². The van der Waals surface area contributed by atoms with Gasteiger partial charge in [-0.1, -0.05) is 24.3 Å². The topological polar surface area (TPSA) is 83.9 Å². The molecule has 6 rings (SSSR count). The molecule has 0 bridgehead atoms. The van der Waals surface area contributed by atoms with E-state index in [-0.39, 0.29) is 12.2 Å². The lowest BCUT2D eigenvalue weighted by molar-refractivity contribution is -0.143. The van der Waals surface area contributed by atoms with Crippen molar-refractivity contribution in [2.45, 2.75) is 82.6 Å². The van der Waals surface area contributed by atoms with E-state index in [4.69, 9.17) is 14.5 Å². The van der Waals surface area contributed by atoms with Gasteiger partial charge in [0.2, 0.25) is 0 Å². The van der Waals surface area contributed by atoms with E-state index in [9.17, 15) is 9.90 Å². The zero-order valence-electron chi connectivity index (χ0n) is 21.7. The number of aromatic nitrogens is 1. The molecule has 4 aliphatic rings. The molecule has 1 aromatic heterocycles. The Kier molecular flexibility index (Phi) is 7.45. The van der Waals surface area contributed by atoms with Crippen LogP contribution in [0.4, 0.5) is 5.82 Å². The number of hydrogen-bond donors (Lipinski definition) is 2. The van der Waals surface area contributed by atoms with E-state index in [1.54, 1.807) is 0 Å². The highest BCUT2D eigenvalue weighted by Gasteiger charge is 2.39. The van der Waals surface area contributed by atoms with Crippen molar-refractivity contribution < 1.29 is 19.4 Å². The zero-order chi connectivity index (χ0) is 25.2. The van der Waals surface area contributed by atoms with Gasteiger partial charge in [-0.15, -0.1) is 0 Å². The first-order chi connectivity index (χ1) is 18.2. The summed E-state index contributed by atoms with van der Waals surface area (Å²) in [5.41, 5.74) is 5.78. The fraction of sp³-hybridized carbons (Fsp3) is 0.600. The number of ether oxygens (including phenoxy) is 2. The number of likely N-dealkylation sites (tertiary alicyclic amines) is 1. The quantitative estimate of drug-likeness (QED) is 0.459. The number of nitrogens with zero attached hydrogens (tertiary/aromatic N) is 2. The van der Waals surface area contributed by atoms with Gasteiger partial charge in [0, 0.05) is 31.9 Å². The molecule has 0 radical (unpaired) electrons. The number of aryl methyl sites for hydroxylation is 2. The van der Waals surface area contributed by atoms with E-state index in [0.29, 0.717) is 25.7 Å². The van der Waals surface area contributed by atoms with Gasteiger partial charge in [-0.2, -0.15) is 0 Å². The number of rotatable bonds is 10. The maximum absolute atomic E-state index is 12.5. The maximum atomic E-state index is 12.5. The molecule has 3 atom stereocenters. The molecule has 2 aromatic rings. The Morgan fingerprint density at radius 2 is 2.11 bits per heavy atom. The molecule has 1 saturated carbocycles. The van der Waals surface area contributed by atoms with Crippen LogP contribution in [0.3, 0.4) is 0 Å². The van der Waals surface area contributed by atoms with Gasteiger partial charge in [-0.3, -0.25) is 9.69 Å². The van der Waals surface area contributed by atoms with Gasteiger partial charge in [-0.25, -0.2) is 4.98 Å². The average Bonchev–Trinajstić information content (AvgIpc) is 3.67. The number of carboxylic acids is 1. The van der Waals surface area contributed by atoms with Crippen molar-refractivity contribution in [3.63, 3.8) is 0 Å². The Balaban J connectivity index is 1.01. The summed E-state index contributed by atoms with van der Waals surface area (Å²) in [5.74, 6) is 0.943. The second-order valence-electron chi connectivity index (χ2n) is 11.2. The van der Waals surface area contributed by atoms with Crippen LogP contribution in [-0.4, -0.2) is 59.4 Å². The molecule has 198 valence electrons. The van der Waals surface area contributed by atoms with Gasteiger partial charge in [0.25, 0.3) is 0 Å². The number of anilines is 1. The molecule has 4 heterocycles. The van der Waals surface area contributed by atoms with Crippen LogP contribution in [0, 0.1) is 5.92 Å². The molecule has 3 unspecified atom stereocenters. The lowest BCUT2D eigenvalue weighted by atomic mass is 9.88. The second-order valence-corrected chi connectivity index (χ2v) is 11.2. The highest BCUT2D eigenvalue weighted by Crippen LogP contribution is 2.41. The third-order valence-electron chi connectivity index (χ3n) is 8.52. The van der Waals surface area contributed by atoms with Gasteiger partial charge < -0.3 is 19.9 Å². The summed E-state index contributed by atoms with van der Waals surface area (Å²) < 4.78 is 12.3. The Bertz CT molecular complexity index is 1120. The molecule has 2 fully saturated rings. The number of fused-ring (bicyclic) bond motifs is 2. The van der Waals surface area contributed by atoms with Crippen molar-refractivity contribution in [1.82, 2.24) is 9.88 Å². The van der Waals surface area contributed by atoms with Crippen molar-refractivity contribution in [3.8, 4) is 0 Å². The molecule has 7 nitrogen and oxygen atoms in total. The Hall–Kier alpha value is -2.48. The average molecular weight is 506 g/mol. The lowest BCUT2D eigenvalue weighted by Gasteiger charge is -2.31. The molecule has 1 aliphatic carbocycles. The minimum Gasteiger partial charge on any atom is -0.480 e. The Labute approximate surface area is 219 Å². The van der Waals surface area contributed by atoms with E-state index < -0.39 is 12.0 Å². The standard InChI is InChI=1S/C30H39N3O4/c34-30(35)28(25-8-3-5-22-19-37-27(17-26(22)25)20-9-10-20)33-15-13-24(18-33)36-16-2-1-7-23-12-11-21-6-4-14-31-29(21)32-23/h3,5,8,11-12,20,24,27-28H,1-2,4,6-7,9-10,13-19H2,(H,31,32)(H,34,35). The number of hydrogen-bond acceptors (Lipinski definition) is 6. The fourth-order valence-electron chi connectivity index (χ4n) is 6.30. The molecule has 37 heavy (non-hydrogen) atoms. The number of benzene rings is 1. The van der Waals surface area contributed by atoms with Gasteiger partial charge in [0.15, 0.2) is 0 Å². The smallest absolute Gasteiger partial charge is 0.325 e. The summed E-state index contributed by atoms with van der Waals surface area (Å²) in [5, 5.41) is 13.7. The summed E-state index contributed by atoms with van der Waals surface area (Å²) in [6.45, 7) is 3.74. The minimum absolute atomic E-state index is 0.0926. The zero-order valence-corrected chi connectivity index (χ0v) is 21.7. The molecule has 1 aromatic carbocycles. The van der Waals surface area contributed by atoms with E-state index in [1.807, 2.05) is 12.1 Å². The van der Waals surface area contributed by atoms with Crippen LogP contribution in [0.15, 0.2) is 30.3 Å². The summed E-state index contributed by atoms with van der Waals surface area (Å²) in [4.78, 5) is 19.4. The molecule has 0 spiro atoms. The normalized spacial score (nSPS) is 24.2. The Morgan fingerprint density at radius 3 is 2.97 bits per heavy atom. The predicted octanol–water partition coefficient (Wildman–Crippen LogP) is 4.53. The number of carboxylic acid groups (broad SMARTS) is 1. The third-order valence-corrected chi connectivity index (χ3v) is 8.52. The van der Waals surface area contributed by atoms with Gasteiger partial charge in [0.05, 0.1) is 18.8 Å². The van der Waals surface area contributed by atoms with Crippen molar-refractivity contribution in [2.75, 3.05) is 31.6 Å². The summed E-state index contributed by atoms with van der Waals surface area (Å²) in [7, 11) is 0. The van der Waals surface area contributed by atoms with Crippen molar-refractivity contribution in [3.05, 3.63) is 58.3 Å². The first-order valence-electron chi connectivity index (χ1n) is 14.2. The summed E-state index contributed by atoms with van der Waals surface area (Å²) in [6, 6.07) is 9.86. The van der Waals surface area contributed by atoms with Gasteiger partial charge >= 0.3 is 5.97 Å². The number of nitrogens with one attached hydrogen (secondary N) is 1. The first-order valence-corrected chi connectivity index (χ1v) is 14.2. The first kappa shape index (κ1) is 24.8. The fourth-order valence-corrected chi connectivity index (χ4v) is 6.30. The number of aliphatic carboxylic acids is 1. The Morgan fingerprint density at radius 1 is 1.19 bits per heavy atom. The minimum atomic E-state index is -0.768. The highest BCUT2D eigenvalue weighted by molar-refractivity contribution is 5.76. The third kappa shape index (κ3) is 5.69. The van der Waals surface area contributed by atoms with E-state index >= 15 is 0 Å². The monoisotopic (exact) mass is 505 g/mol. The SMILES string of the molecule is O=C(O)C(c1cccc2c1CC(C1CC1)OC2)N1CCC(OCCCCc2ccc3c(n2)NCCC3)C1. The molecule has 0 amide bonds. The van der Waals surface area contributed by atoms with Crippen LogP contribution >= 0.6 is 0 Å². The molecule has 7 heteroatoms. The van der Waals surface area contributed by atoms with Crippen LogP contribution in [0.2, 0.25) is 0 Å². The van der Waals surface area contributed by atoms with Crippen molar-refractivity contribution in [2.24, 2.45) is 5.92 Å². The van der Waals surface area contributed by atoms with Crippen LogP contribution < -0.4 is 5.32 Å².